The van der Waals surface area contributed by atoms with E-state index in [2.05, 4.69) is 15.6 Å². The van der Waals surface area contributed by atoms with Gasteiger partial charge in [0.25, 0.3) is 0 Å². The molecule has 2 amide bonds. The molecule has 0 spiro atoms. The Hall–Kier alpha value is -2.28. The highest BCUT2D eigenvalue weighted by Gasteiger charge is 2.05. The Morgan fingerprint density at radius 1 is 1.21 bits per heavy atom. The zero-order valence-corrected chi connectivity index (χ0v) is 15.0. The zero-order chi connectivity index (χ0) is 17.4. The van der Waals surface area contributed by atoms with Crippen molar-refractivity contribution in [3.63, 3.8) is 0 Å². The van der Waals surface area contributed by atoms with Crippen molar-refractivity contribution in [1.82, 2.24) is 15.6 Å². The summed E-state index contributed by atoms with van der Waals surface area (Å²) in [7, 11) is 3.24. The second kappa shape index (κ2) is 9.12. The molecule has 0 radical (unpaired) electrons. The van der Waals surface area contributed by atoms with Crippen molar-refractivity contribution in [2.24, 2.45) is 0 Å². The molecular weight excluding hydrogens is 326 g/mol. The third kappa shape index (κ3) is 5.42. The van der Waals surface area contributed by atoms with Gasteiger partial charge in [-0.25, -0.2) is 9.78 Å². The van der Waals surface area contributed by atoms with Crippen LogP contribution in [0.5, 0.6) is 11.5 Å². The van der Waals surface area contributed by atoms with Crippen LogP contribution in [0.1, 0.15) is 22.7 Å². The molecule has 1 aromatic heterocycles. The molecule has 2 rings (SSSR count). The van der Waals surface area contributed by atoms with Gasteiger partial charge in [-0.3, -0.25) is 0 Å². The number of hydrogen-bond acceptors (Lipinski definition) is 5. The smallest absolute Gasteiger partial charge is 0.315 e. The number of thiazole rings is 1. The molecule has 1 heterocycles. The molecular formula is C17H23N3O3S. The van der Waals surface area contributed by atoms with Gasteiger partial charge >= 0.3 is 6.03 Å². The largest absolute Gasteiger partial charge is 0.493 e. The van der Waals surface area contributed by atoms with E-state index in [-0.39, 0.29) is 6.03 Å². The lowest BCUT2D eigenvalue weighted by atomic mass is 10.1. The number of hydrogen-bond donors (Lipinski definition) is 2. The highest BCUT2D eigenvalue weighted by atomic mass is 32.1. The number of urea groups is 1. The number of nitrogens with zero attached hydrogens (tertiary/aromatic N) is 1. The quantitative estimate of drug-likeness (QED) is 0.719. The van der Waals surface area contributed by atoms with E-state index < -0.39 is 0 Å². The lowest BCUT2D eigenvalue weighted by Gasteiger charge is -2.10. The van der Waals surface area contributed by atoms with Gasteiger partial charge in [-0.2, -0.15) is 0 Å². The number of nitrogens with one attached hydrogen (secondary N) is 2. The van der Waals surface area contributed by atoms with Crippen molar-refractivity contribution in [1.29, 1.82) is 0 Å². The van der Waals surface area contributed by atoms with Gasteiger partial charge in [0.2, 0.25) is 0 Å². The van der Waals surface area contributed by atoms with Crippen LogP contribution in [0.4, 0.5) is 4.79 Å². The van der Waals surface area contributed by atoms with Crippen molar-refractivity contribution in [2.75, 3.05) is 20.8 Å². The summed E-state index contributed by atoms with van der Waals surface area (Å²) in [6.45, 7) is 3.00. The first-order chi connectivity index (χ1) is 11.6. The SMILES string of the molecule is COc1ccc(CCCNC(=O)NCc2csc(C)n2)cc1OC. The van der Waals surface area contributed by atoms with Crippen LogP contribution in [0.3, 0.4) is 0 Å². The zero-order valence-electron chi connectivity index (χ0n) is 14.2. The fourth-order valence-electron chi connectivity index (χ4n) is 2.25. The first-order valence-corrected chi connectivity index (χ1v) is 8.64. The minimum absolute atomic E-state index is 0.173. The maximum atomic E-state index is 11.7. The van der Waals surface area contributed by atoms with Gasteiger partial charge in [-0.15, -0.1) is 11.3 Å². The third-order valence-electron chi connectivity index (χ3n) is 3.47. The molecule has 6 nitrogen and oxygen atoms in total. The molecule has 0 atom stereocenters. The van der Waals surface area contributed by atoms with E-state index >= 15 is 0 Å². The summed E-state index contributed by atoms with van der Waals surface area (Å²) < 4.78 is 10.5. The maximum absolute atomic E-state index is 11.7. The molecule has 2 N–H and O–H groups in total. The van der Waals surface area contributed by atoms with E-state index in [1.54, 1.807) is 25.6 Å². The Morgan fingerprint density at radius 2 is 2.00 bits per heavy atom. The Balaban J connectivity index is 1.67. The van der Waals surface area contributed by atoms with Gasteiger partial charge in [0.15, 0.2) is 11.5 Å². The van der Waals surface area contributed by atoms with Crippen LogP contribution < -0.4 is 20.1 Å². The van der Waals surface area contributed by atoms with Crippen LogP contribution in [-0.4, -0.2) is 31.8 Å². The number of aryl methyl sites for hydroxylation is 2. The van der Waals surface area contributed by atoms with Crippen molar-refractivity contribution in [3.8, 4) is 11.5 Å². The van der Waals surface area contributed by atoms with E-state index in [4.69, 9.17) is 9.47 Å². The molecule has 0 aliphatic heterocycles. The number of methoxy groups -OCH3 is 2. The molecule has 0 unspecified atom stereocenters. The lowest BCUT2D eigenvalue weighted by molar-refractivity contribution is 0.240. The van der Waals surface area contributed by atoms with Crippen LogP contribution in [0, 0.1) is 6.92 Å². The minimum Gasteiger partial charge on any atom is -0.493 e. The summed E-state index contributed by atoms with van der Waals surface area (Å²) >= 11 is 1.58. The van der Waals surface area contributed by atoms with Gasteiger partial charge in [0.05, 0.1) is 31.5 Å². The highest BCUT2D eigenvalue weighted by molar-refractivity contribution is 7.09. The second-order valence-corrected chi connectivity index (χ2v) is 6.32. The van der Waals surface area contributed by atoms with Crippen LogP contribution in [0.15, 0.2) is 23.6 Å². The second-order valence-electron chi connectivity index (χ2n) is 5.26. The number of rotatable bonds is 8. The molecule has 0 fully saturated rings. The third-order valence-corrected chi connectivity index (χ3v) is 4.29. The average molecular weight is 349 g/mol. The van der Waals surface area contributed by atoms with Crippen LogP contribution in [0.2, 0.25) is 0 Å². The highest BCUT2D eigenvalue weighted by Crippen LogP contribution is 2.27. The molecule has 0 aliphatic rings. The van der Waals surface area contributed by atoms with Crippen molar-refractivity contribution in [2.45, 2.75) is 26.3 Å². The minimum atomic E-state index is -0.173. The summed E-state index contributed by atoms with van der Waals surface area (Å²) in [6.07, 6.45) is 1.70. The summed E-state index contributed by atoms with van der Waals surface area (Å²) in [5, 5.41) is 8.61. The summed E-state index contributed by atoms with van der Waals surface area (Å²) in [6, 6.07) is 5.69. The summed E-state index contributed by atoms with van der Waals surface area (Å²) in [5.74, 6) is 1.44. The number of benzene rings is 1. The Kier molecular flexibility index (Phi) is 6.87. The van der Waals surface area contributed by atoms with Gasteiger partial charge in [-0.05, 0) is 37.5 Å². The molecule has 2 aromatic rings. The Morgan fingerprint density at radius 3 is 2.67 bits per heavy atom. The van der Waals surface area contributed by atoms with Gasteiger partial charge in [0, 0.05) is 11.9 Å². The van der Waals surface area contributed by atoms with E-state index in [0.717, 1.165) is 40.6 Å². The molecule has 0 bridgehead atoms. The number of ether oxygens (including phenoxy) is 2. The fourth-order valence-corrected chi connectivity index (χ4v) is 2.87. The van der Waals surface area contributed by atoms with E-state index in [9.17, 15) is 4.79 Å². The van der Waals surface area contributed by atoms with E-state index in [0.29, 0.717) is 13.1 Å². The van der Waals surface area contributed by atoms with Gasteiger partial charge < -0.3 is 20.1 Å². The standard InChI is InChI=1S/C17H23N3O3S/c1-12-20-14(11-24-12)10-19-17(21)18-8-4-5-13-6-7-15(22-2)16(9-13)23-3/h6-7,9,11H,4-5,8,10H2,1-3H3,(H2,18,19,21). The Labute approximate surface area is 146 Å². The first kappa shape index (κ1) is 18.1. The Bertz CT molecular complexity index is 673. The van der Waals surface area contributed by atoms with Crippen LogP contribution >= 0.6 is 11.3 Å². The predicted molar refractivity (Wildman–Crippen MR) is 95.0 cm³/mol. The van der Waals surface area contributed by atoms with Crippen LogP contribution in [-0.2, 0) is 13.0 Å². The predicted octanol–water partition coefficient (Wildman–Crippen LogP) is 2.90. The summed E-state index contributed by atoms with van der Waals surface area (Å²) in [5.41, 5.74) is 2.03. The van der Waals surface area contributed by atoms with Crippen molar-refractivity contribution >= 4 is 17.4 Å². The molecule has 7 heteroatoms. The van der Waals surface area contributed by atoms with E-state index in [1.165, 1.54) is 0 Å². The van der Waals surface area contributed by atoms with Gasteiger partial charge in [0.1, 0.15) is 0 Å². The number of aromatic nitrogens is 1. The molecule has 0 aliphatic carbocycles. The fraction of sp³-hybridized carbons (Fsp3) is 0.412. The first-order valence-electron chi connectivity index (χ1n) is 7.76. The maximum Gasteiger partial charge on any atom is 0.315 e. The normalized spacial score (nSPS) is 10.3. The monoisotopic (exact) mass is 349 g/mol. The lowest BCUT2D eigenvalue weighted by Crippen LogP contribution is -2.35. The van der Waals surface area contributed by atoms with E-state index in [1.807, 2.05) is 30.5 Å². The van der Waals surface area contributed by atoms with Crippen molar-refractivity contribution in [3.05, 3.63) is 39.8 Å². The molecule has 130 valence electrons. The molecule has 0 saturated heterocycles. The molecule has 0 saturated carbocycles. The summed E-state index contributed by atoms with van der Waals surface area (Å²) in [4.78, 5) is 16.0. The van der Waals surface area contributed by atoms with Crippen molar-refractivity contribution < 1.29 is 14.3 Å². The number of carbonyl (C=O) groups excluding carboxylic acids is 1. The topological polar surface area (TPSA) is 72.5 Å². The molecule has 1 aromatic carbocycles. The molecule has 24 heavy (non-hydrogen) atoms. The average Bonchev–Trinajstić information content (AvgIpc) is 3.02. The van der Waals surface area contributed by atoms with Crippen LogP contribution in [0.25, 0.3) is 0 Å². The number of carbonyl (C=O) groups is 1. The van der Waals surface area contributed by atoms with Gasteiger partial charge in [-0.1, -0.05) is 6.07 Å². The number of amides is 2.